The molecule has 26 heavy (non-hydrogen) atoms. The number of nitrogens with zero attached hydrogens (tertiary/aromatic N) is 3. The van der Waals surface area contributed by atoms with Crippen molar-refractivity contribution in [2.75, 3.05) is 13.1 Å². The molecule has 0 spiro atoms. The number of pyridine rings is 1. The monoisotopic (exact) mass is 368 g/mol. The average molecular weight is 369 g/mol. The molecule has 1 aromatic carbocycles. The molecule has 1 unspecified atom stereocenters. The highest BCUT2D eigenvalue weighted by molar-refractivity contribution is 6.30. The minimum absolute atomic E-state index is 0.0425. The molecule has 3 aromatic rings. The van der Waals surface area contributed by atoms with E-state index in [2.05, 4.69) is 27.3 Å². The zero-order chi connectivity index (χ0) is 18.1. The summed E-state index contributed by atoms with van der Waals surface area (Å²) in [6.07, 6.45) is 4.87. The zero-order valence-electron chi connectivity index (χ0n) is 14.7. The van der Waals surface area contributed by atoms with Gasteiger partial charge in [0.25, 0.3) is 5.91 Å². The highest BCUT2D eigenvalue weighted by Crippen LogP contribution is 2.28. The number of amides is 1. The fraction of sp³-hybridized carbons (Fsp3) is 0.350. The molecule has 1 saturated heterocycles. The number of carbonyl (C=O) groups is 1. The van der Waals surface area contributed by atoms with Gasteiger partial charge in [0, 0.05) is 35.6 Å². The van der Waals surface area contributed by atoms with E-state index in [0.717, 1.165) is 48.5 Å². The highest BCUT2D eigenvalue weighted by atomic mass is 35.5. The van der Waals surface area contributed by atoms with Crippen molar-refractivity contribution in [3.8, 4) is 0 Å². The summed E-state index contributed by atoms with van der Waals surface area (Å²) >= 11 is 6.01. The van der Waals surface area contributed by atoms with Crippen LogP contribution in [0.5, 0.6) is 0 Å². The van der Waals surface area contributed by atoms with Crippen LogP contribution in [0.3, 0.4) is 0 Å². The van der Waals surface area contributed by atoms with Gasteiger partial charge in [-0.1, -0.05) is 30.2 Å². The van der Waals surface area contributed by atoms with E-state index in [9.17, 15) is 4.79 Å². The molecule has 1 fully saturated rings. The Hall–Kier alpha value is -2.40. The molecule has 2 aromatic heterocycles. The number of rotatable bonds is 2. The molecule has 1 atom stereocenters. The number of aromatic nitrogens is 3. The van der Waals surface area contributed by atoms with Crippen molar-refractivity contribution in [2.45, 2.75) is 32.1 Å². The van der Waals surface area contributed by atoms with Gasteiger partial charge in [-0.05, 0) is 43.5 Å². The Morgan fingerprint density at radius 3 is 2.88 bits per heavy atom. The van der Waals surface area contributed by atoms with Crippen molar-refractivity contribution in [1.29, 1.82) is 0 Å². The first kappa shape index (κ1) is 17.0. The number of halogens is 1. The summed E-state index contributed by atoms with van der Waals surface area (Å²) in [5, 5.41) is 8.68. The quantitative estimate of drug-likeness (QED) is 0.732. The number of hydrogen-bond donors (Lipinski definition) is 1. The Morgan fingerprint density at radius 1 is 1.27 bits per heavy atom. The van der Waals surface area contributed by atoms with Gasteiger partial charge in [0.15, 0.2) is 5.65 Å². The molecular weight excluding hydrogens is 348 g/mol. The summed E-state index contributed by atoms with van der Waals surface area (Å²) < 4.78 is 0. The van der Waals surface area contributed by atoms with Crippen LogP contribution in [0.4, 0.5) is 0 Å². The number of nitrogens with one attached hydrogen (secondary N) is 1. The fourth-order valence-electron chi connectivity index (χ4n) is 3.66. The first-order valence-electron chi connectivity index (χ1n) is 8.97. The van der Waals surface area contributed by atoms with Crippen molar-refractivity contribution in [3.05, 3.63) is 58.4 Å². The van der Waals surface area contributed by atoms with E-state index in [1.54, 1.807) is 6.20 Å². The third kappa shape index (κ3) is 3.31. The molecule has 6 heteroatoms. The standard InChI is InChI=1S/C20H21ClN4O/c1-13-18-10-16(11-22-19(18)24-23-13)20(26)25-9-3-2-4-15(12-25)14-5-7-17(21)8-6-14/h5-8,10-11,15H,2-4,9,12H2,1H3,(H,22,23,24). The van der Waals surface area contributed by atoms with Crippen LogP contribution < -0.4 is 0 Å². The van der Waals surface area contributed by atoms with Crippen molar-refractivity contribution in [3.63, 3.8) is 0 Å². The Morgan fingerprint density at radius 2 is 2.08 bits per heavy atom. The summed E-state index contributed by atoms with van der Waals surface area (Å²) in [6, 6.07) is 9.89. The van der Waals surface area contributed by atoms with E-state index >= 15 is 0 Å². The van der Waals surface area contributed by atoms with E-state index in [-0.39, 0.29) is 5.91 Å². The van der Waals surface area contributed by atoms with Crippen LogP contribution in [0.25, 0.3) is 11.0 Å². The predicted molar refractivity (Wildman–Crippen MR) is 103 cm³/mol. The molecule has 134 valence electrons. The minimum Gasteiger partial charge on any atom is -0.338 e. The minimum atomic E-state index is 0.0425. The fourth-order valence-corrected chi connectivity index (χ4v) is 3.79. The van der Waals surface area contributed by atoms with E-state index in [1.165, 1.54) is 5.56 Å². The van der Waals surface area contributed by atoms with Crippen LogP contribution in [0.2, 0.25) is 5.02 Å². The lowest BCUT2D eigenvalue weighted by molar-refractivity contribution is 0.0754. The zero-order valence-corrected chi connectivity index (χ0v) is 15.5. The molecule has 4 rings (SSSR count). The molecule has 0 aliphatic carbocycles. The van der Waals surface area contributed by atoms with Crippen molar-refractivity contribution in [2.24, 2.45) is 0 Å². The van der Waals surface area contributed by atoms with Gasteiger partial charge in [-0.25, -0.2) is 4.98 Å². The van der Waals surface area contributed by atoms with Gasteiger partial charge >= 0.3 is 0 Å². The molecule has 1 amide bonds. The van der Waals surface area contributed by atoms with Gasteiger partial charge in [-0.15, -0.1) is 0 Å². The molecule has 0 saturated carbocycles. The van der Waals surface area contributed by atoms with Gasteiger partial charge in [-0.2, -0.15) is 5.10 Å². The van der Waals surface area contributed by atoms with Crippen molar-refractivity contribution >= 4 is 28.5 Å². The molecule has 5 nitrogen and oxygen atoms in total. The number of aromatic amines is 1. The third-order valence-electron chi connectivity index (χ3n) is 5.15. The largest absolute Gasteiger partial charge is 0.338 e. The highest BCUT2D eigenvalue weighted by Gasteiger charge is 2.24. The molecule has 0 radical (unpaired) electrons. The first-order valence-corrected chi connectivity index (χ1v) is 9.35. The predicted octanol–water partition coefficient (Wildman–Crippen LogP) is 4.33. The normalized spacial score (nSPS) is 18.1. The Kier molecular flexibility index (Phi) is 4.64. The van der Waals surface area contributed by atoms with Crippen LogP contribution in [0, 0.1) is 6.92 Å². The lowest BCUT2D eigenvalue weighted by atomic mass is 9.94. The van der Waals surface area contributed by atoms with Crippen LogP contribution in [0.15, 0.2) is 36.5 Å². The number of H-pyrrole nitrogens is 1. The van der Waals surface area contributed by atoms with Gasteiger partial charge in [0.1, 0.15) is 0 Å². The summed E-state index contributed by atoms with van der Waals surface area (Å²) in [5.41, 5.74) is 3.44. The number of benzene rings is 1. The lowest BCUT2D eigenvalue weighted by Gasteiger charge is -2.25. The maximum absolute atomic E-state index is 13.1. The van der Waals surface area contributed by atoms with Crippen LogP contribution in [0.1, 0.15) is 46.8 Å². The van der Waals surface area contributed by atoms with Crippen molar-refractivity contribution < 1.29 is 4.79 Å². The lowest BCUT2D eigenvalue weighted by Crippen LogP contribution is -2.34. The molecule has 1 aliphatic heterocycles. The third-order valence-corrected chi connectivity index (χ3v) is 5.41. The first-order chi connectivity index (χ1) is 12.6. The number of fused-ring (bicyclic) bond motifs is 1. The van der Waals surface area contributed by atoms with E-state index in [1.807, 2.05) is 30.0 Å². The van der Waals surface area contributed by atoms with E-state index < -0.39 is 0 Å². The van der Waals surface area contributed by atoms with E-state index in [0.29, 0.717) is 17.1 Å². The molecular formula is C20H21ClN4O. The smallest absolute Gasteiger partial charge is 0.255 e. The second kappa shape index (κ2) is 7.08. The molecule has 1 N–H and O–H groups in total. The Balaban J connectivity index is 1.59. The van der Waals surface area contributed by atoms with Gasteiger partial charge in [0.05, 0.1) is 11.3 Å². The summed E-state index contributed by atoms with van der Waals surface area (Å²) in [5.74, 6) is 0.381. The number of carbonyl (C=O) groups excluding carboxylic acids is 1. The summed E-state index contributed by atoms with van der Waals surface area (Å²) in [6.45, 7) is 3.42. The van der Waals surface area contributed by atoms with Gasteiger partial charge in [0.2, 0.25) is 0 Å². The van der Waals surface area contributed by atoms with Crippen LogP contribution >= 0.6 is 11.6 Å². The Bertz CT molecular complexity index is 935. The Labute approximate surface area is 157 Å². The second-order valence-corrected chi connectivity index (χ2v) is 7.36. The maximum atomic E-state index is 13.1. The van der Waals surface area contributed by atoms with Gasteiger partial charge in [-0.3, -0.25) is 9.89 Å². The van der Waals surface area contributed by atoms with Crippen LogP contribution in [-0.2, 0) is 0 Å². The molecule has 0 bridgehead atoms. The van der Waals surface area contributed by atoms with Crippen molar-refractivity contribution in [1.82, 2.24) is 20.1 Å². The topological polar surface area (TPSA) is 61.9 Å². The summed E-state index contributed by atoms with van der Waals surface area (Å²) in [7, 11) is 0. The van der Waals surface area contributed by atoms with E-state index in [4.69, 9.17) is 11.6 Å². The number of hydrogen-bond acceptors (Lipinski definition) is 3. The number of aryl methyl sites for hydroxylation is 1. The second-order valence-electron chi connectivity index (χ2n) is 6.92. The molecule has 3 heterocycles. The maximum Gasteiger partial charge on any atom is 0.255 e. The van der Waals surface area contributed by atoms with Crippen LogP contribution in [-0.4, -0.2) is 39.1 Å². The SMILES string of the molecule is Cc1n[nH]c2ncc(C(=O)N3CCCCC(c4ccc(Cl)cc4)C3)cc12. The molecule has 1 aliphatic rings. The average Bonchev–Trinajstić information content (AvgIpc) is 2.87. The van der Waals surface area contributed by atoms with Gasteiger partial charge < -0.3 is 4.90 Å². The summed E-state index contributed by atoms with van der Waals surface area (Å²) in [4.78, 5) is 19.4. The number of likely N-dealkylation sites (tertiary alicyclic amines) is 1.